The molecule has 3 rings (SSSR count). The largest absolute Gasteiger partial charge is 0.496 e. The lowest BCUT2D eigenvalue weighted by Gasteiger charge is -2.40. The quantitative estimate of drug-likeness (QED) is 0.892. The molecule has 0 amide bonds. The molecule has 96 valence electrons. The highest BCUT2D eigenvalue weighted by Crippen LogP contribution is 2.50. The van der Waals surface area contributed by atoms with E-state index < -0.39 is 11.4 Å². The standard InChI is InChI=1S/C15H18O3/c1-18-12-7-6-10-4-2-5-11(10)13(12)15(14(16)17)8-3-9-15/h6-7H,2-5,8-9H2,1H3,(H,16,17). The summed E-state index contributed by atoms with van der Waals surface area (Å²) in [7, 11) is 1.63. The van der Waals surface area contributed by atoms with E-state index in [0.29, 0.717) is 0 Å². The molecule has 1 saturated carbocycles. The van der Waals surface area contributed by atoms with Crippen LogP contribution in [0.3, 0.4) is 0 Å². The van der Waals surface area contributed by atoms with E-state index in [4.69, 9.17) is 4.74 Å². The van der Waals surface area contributed by atoms with Crippen LogP contribution in [0.2, 0.25) is 0 Å². The van der Waals surface area contributed by atoms with Crippen LogP contribution < -0.4 is 4.74 Å². The van der Waals surface area contributed by atoms with Crippen LogP contribution in [0.1, 0.15) is 42.4 Å². The van der Waals surface area contributed by atoms with Crippen molar-refractivity contribution in [2.24, 2.45) is 0 Å². The number of benzene rings is 1. The molecule has 0 radical (unpaired) electrons. The Balaban J connectivity index is 2.21. The fourth-order valence-corrected chi connectivity index (χ4v) is 3.44. The number of methoxy groups -OCH3 is 1. The third kappa shape index (κ3) is 1.39. The van der Waals surface area contributed by atoms with Crippen molar-refractivity contribution < 1.29 is 14.6 Å². The second-order valence-corrected chi connectivity index (χ2v) is 5.37. The average molecular weight is 246 g/mol. The van der Waals surface area contributed by atoms with Crippen molar-refractivity contribution in [3.05, 3.63) is 28.8 Å². The molecule has 1 N–H and O–H groups in total. The second kappa shape index (κ2) is 4.01. The van der Waals surface area contributed by atoms with Crippen LogP contribution in [0.5, 0.6) is 5.75 Å². The summed E-state index contributed by atoms with van der Waals surface area (Å²) in [5, 5.41) is 9.63. The maximum absolute atomic E-state index is 11.7. The van der Waals surface area contributed by atoms with Crippen LogP contribution in [-0.4, -0.2) is 18.2 Å². The minimum Gasteiger partial charge on any atom is -0.496 e. The third-order valence-corrected chi connectivity index (χ3v) is 4.56. The van der Waals surface area contributed by atoms with Crippen LogP contribution in [0, 0.1) is 0 Å². The predicted molar refractivity (Wildman–Crippen MR) is 68.2 cm³/mol. The molecule has 0 heterocycles. The molecule has 3 heteroatoms. The van der Waals surface area contributed by atoms with Crippen molar-refractivity contribution in [2.75, 3.05) is 7.11 Å². The Hall–Kier alpha value is -1.51. The second-order valence-electron chi connectivity index (χ2n) is 5.37. The van der Waals surface area contributed by atoms with Gasteiger partial charge in [0, 0.05) is 5.56 Å². The Bertz CT molecular complexity index is 501. The highest BCUT2D eigenvalue weighted by atomic mass is 16.5. The Morgan fingerprint density at radius 3 is 2.61 bits per heavy atom. The summed E-state index contributed by atoms with van der Waals surface area (Å²) in [5.74, 6) is 0.0742. The van der Waals surface area contributed by atoms with Gasteiger partial charge in [0.15, 0.2) is 0 Å². The monoisotopic (exact) mass is 246 g/mol. The summed E-state index contributed by atoms with van der Waals surface area (Å²) in [4.78, 5) is 11.7. The number of carboxylic acids is 1. The number of fused-ring (bicyclic) bond motifs is 1. The zero-order chi connectivity index (χ0) is 12.8. The Kier molecular flexibility index (Phi) is 2.58. The van der Waals surface area contributed by atoms with Gasteiger partial charge in [-0.05, 0) is 49.3 Å². The number of hydrogen-bond donors (Lipinski definition) is 1. The summed E-state index contributed by atoms with van der Waals surface area (Å²) in [6.45, 7) is 0. The molecule has 0 aliphatic heterocycles. The van der Waals surface area contributed by atoms with E-state index in [9.17, 15) is 9.90 Å². The molecule has 2 aliphatic carbocycles. The summed E-state index contributed by atoms with van der Waals surface area (Å²) in [5.41, 5.74) is 2.86. The van der Waals surface area contributed by atoms with Gasteiger partial charge in [-0.2, -0.15) is 0 Å². The summed E-state index contributed by atoms with van der Waals surface area (Å²) in [6, 6.07) is 4.04. The molecule has 1 aromatic carbocycles. The molecular formula is C15H18O3. The summed E-state index contributed by atoms with van der Waals surface area (Å²) >= 11 is 0. The van der Waals surface area contributed by atoms with Crippen molar-refractivity contribution in [1.29, 1.82) is 0 Å². The van der Waals surface area contributed by atoms with Crippen LogP contribution >= 0.6 is 0 Å². The molecule has 1 fully saturated rings. The van der Waals surface area contributed by atoms with Gasteiger partial charge in [0.2, 0.25) is 0 Å². The first-order valence-electron chi connectivity index (χ1n) is 6.62. The lowest BCUT2D eigenvalue weighted by atomic mass is 9.62. The van der Waals surface area contributed by atoms with Gasteiger partial charge >= 0.3 is 5.97 Å². The average Bonchev–Trinajstić information content (AvgIpc) is 2.75. The van der Waals surface area contributed by atoms with Crippen molar-refractivity contribution in [2.45, 2.75) is 43.9 Å². The molecule has 0 saturated heterocycles. The van der Waals surface area contributed by atoms with Crippen LogP contribution in [-0.2, 0) is 23.1 Å². The zero-order valence-electron chi connectivity index (χ0n) is 10.7. The number of carboxylic acid groups (broad SMARTS) is 1. The van der Waals surface area contributed by atoms with Crippen molar-refractivity contribution in [1.82, 2.24) is 0 Å². The Morgan fingerprint density at radius 2 is 2.06 bits per heavy atom. The molecule has 0 aromatic heterocycles. The van der Waals surface area contributed by atoms with E-state index in [1.54, 1.807) is 7.11 Å². The molecule has 3 nitrogen and oxygen atoms in total. The number of ether oxygens (including phenoxy) is 1. The van der Waals surface area contributed by atoms with Crippen molar-refractivity contribution in [3.8, 4) is 5.75 Å². The van der Waals surface area contributed by atoms with Crippen LogP contribution in [0.15, 0.2) is 12.1 Å². The minimum absolute atomic E-state index is 0.680. The van der Waals surface area contributed by atoms with Gasteiger partial charge in [-0.25, -0.2) is 0 Å². The fraction of sp³-hybridized carbons (Fsp3) is 0.533. The highest BCUT2D eigenvalue weighted by Gasteiger charge is 2.49. The number of rotatable bonds is 3. The van der Waals surface area contributed by atoms with Gasteiger partial charge in [0.25, 0.3) is 0 Å². The molecule has 0 spiro atoms. The van der Waals surface area contributed by atoms with Gasteiger partial charge in [-0.3, -0.25) is 4.79 Å². The van der Waals surface area contributed by atoms with E-state index in [1.165, 1.54) is 11.1 Å². The van der Waals surface area contributed by atoms with Gasteiger partial charge in [-0.15, -0.1) is 0 Å². The summed E-state index contributed by atoms with van der Waals surface area (Å²) < 4.78 is 5.44. The fourth-order valence-electron chi connectivity index (χ4n) is 3.44. The molecular weight excluding hydrogens is 228 g/mol. The van der Waals surface area contributed by atoms with Gasteiger partial charge in [0.1, 0.15) is 5.75 Å². The van der Waals surface area contributed by atoms with E-state index in [1.807, 2.05) is 6.07 Å². The number of carbonyl (C=O) groups is 1. The van der Waals surface area contributed by atoms with Gasteiger partial charge in [-0.1, -0.05) is 12.5 Å². The topological polar surface area (TPSA) is 46.5 Å². The van der Waals surface area contributed by atoms with E-state index in [0.717, 1.165) is 49.8 Å². The lowest BCUT2D eigenvalue weighted by Crippen LogP contribution is -2.43. The first kappa shape index (κ1) is 11.6. The third-order valence-electron chi connectivity index (χ3n) is 4.56. The summed E-state index contributed by atoms with van der Waals surface area (Å²) in [6.07, 6.45) is 5.69. The number of aliphatic carboxylic acids is 1. The normalized spacial score (nSPS) is 20.1. The first-order valence-corrected chi connectivity index (χ1v) is 6.62. The number of hydrogen-bond acceptors (Lipinski definition) is 2. The number of aryl methyl sites for hydroxylation is 1. The van der Waals surface area contributed by atoms with E-state index in [2.05, 4.69) is 6.07 Å². The van der Waals surface area contributed by atoms with Gasteiger partial charge in [0.05, 0.1) is 12.5 Å². The smallest absolute Gasteiger partial charge is 0.314 e. The lowest BCUT2D eigenvalue weighted by molar-refractivity contribution is -0.147. The molecule has 2 aliphatic rings. The molecule has 18 heavy (non-hydrogen) atoms. The Morgan fingerprint density at radius 1 is 1.28 bits per heavy atom. The van der Waals surface area contributed by atoms with Gasteiger partial charge < -0.3 is 9.84 Å². The molecule has 0 atom stereocenters. The molecule has 0 bridgehead atoms. The van der Waals surface area contributed by atoms with Crippen molar-refractivity contribution in [3.63, 3.8) is 0 Å². The molecule has 0 unspecified atom stereocenters. The van der Waals surface area contributed by atoms with Crippen LogP contribution in [0.25, 0.3) is 0 Å². The first-order chi connectivity index (χ1) is 8.69. The van der Waals surface area contributed by atoms with E-state index >= 15 is 0 Å². The maximum atomic E-state index is 11.7. The zero-order valence-corrected chi connectivity index (χ0v) is 10.7. The highest BCUT2D eigenvalue weighted by molar-refractivity contribution is 5.84. The maximum Gasteiger partial charge on any atom is 0.314 e. The van der Waals surface area contributed by atoms with Crippen molar-refractivity contribution >= 4 is 5.97 Å². The SMILES string of the molecule is COc1ccc2c(c1C1(C(=O)O)CCC1)CCC2. The molecule has 1 aromatic rings. The Labute approximate surface area is 107 Å². The minimum atomic E-state index is -0.688. The predicted octanol–water partition coefficient (Wildman–Crippen LogP) is 2.69. The van der Waals surface area contributed by atoms with E-state index in [-0.39, 0.29) is 0 Å². The van der Waals surface area contributed by atoms with Crippen LogP contribution in [0.4, 0.5) is 0 Å².